The van der Waals surface area contributed by atoms with E-state index in [0.717, 1.165) is 6.42 Å². The van der Waals surface area contributed by atoms with Crippen LogP contribution < -0.4 is 4.74 Å². The lowest BCUT2D eigenvalue weighted by atomic mass is 10.2. The molecule has 1 aromatic rings. The topological polar surface area (TPSA) is 69.4 Å². The highest BCUT2D eigenvalue weighted by molar-refractivity contribution is 6.30. The molecule has 0 saturated carbocycles. The summed E-state index contributed by atoms with van der Waals surface area (Å²) in [6.45, 7) is 1.70. The van der Waals surface area contributed by atoms with Gasteiger partial charge in [-0.25, -0.2) is 0 Å². The summed E-state index contributed by atoms with van der Waals surface area (Å²) in [5.74, 6) is -0.0753. The van der Waals surface area contributed by atoms with Crippen molar-refractivity contribution in [1.29, 1.82) is 0 Å². The van der Waals surface area contributed by atoms with E-state index in [9.17, 15) is 14.9 Å². The maximum absolute atomic E-state index is 11.3. The van der Waals surface area contributed by atoms with Crippen molar-refractivity contribution in [2.75, 3.05) is 6.61 Å². The summed E-state index contributed by atoms with van der Waals surface area (Å²) in [6, 6.07) is 3.99. The van der Waals surface area contributed by atoms with Gasteiger partial charge in [-0.15, -0.1) is 0 Å². The zero-order valence-corrected chi connectivity index (χ0v) is 10.1. The molecule has 0 aliphatic heterocycles. The van der Waals surface area contributed by atoms with Crippen LogP contribution >= 0.6 is 11.6 Å². The fourth-order valence-corrected chi connectivity index (χ4v) is 1.43. The van der Waals surface area contributed by atoms with Crippen LogP contribution in [0.25, 0.3) is 0 Å². The molecule has 0 heterocycles. The lowest BCUT2D eigenvalue weighted by molar-refractivity contribution is -0.385. The van der Waals surface area contributed by atoms with Crippen molar-refractivity contribution in [3.8, 4) is 5.75 Å². The molecule has 0 atom stereocenters. The summed E-state index contributed by atoms with van der Waals surface area (Å²) in [4.78, 5) is 21.4. The van der Waals surface area contributed by atoms with Gasteiger partial charge in [-0.3, -0.25) is 14.9 Å². The molecule has 92 valence electrons. The van der Waals surface area contributed by atoms with E-state index in [1.54, 1.807) is 0 Å². The number of benzene rings is 1. The van der Waals surface area contributed by atoms with Gasteiger partial charge in [0.05, 0.1) is 4.92 Å². The highest BCUT2D eigenvalue weighted by Gasteiger charge is 2.16. The second-order valence-corrected chi connectivity index (χ2v) is 3.88. The van der Waals surface area contributed by atoms with Gasteiger partial charge in [0.25, 0.3) is 0 Å². The quantitative estimate of drug-likeness (QED) is 0.580. The number of halogens is 1. The third-order valence-corrected chi connectivity index (χ3v) is 2.27. The molecule has 6 heteroatoms. The second kappa shape index (κ2) is 6.20. The van der Waals surface area contributed by atoms with Crippen molar-refractivity contribution in [3.63, 3.8) is 0 Å². The Labute approximate surface area is 103 Å². The predicted molar refractivity (Wildman–Crippen MR) is 63.5 cm³/mol. The van der Waals surface area contributed by atoms with Crippen molar-refractivity contribution in [2.45, 2.75) is 19.8 Å². The third-order valence-electron chi connectivity index (χ3n) is 2.04. The molecule has 17 heavy (non-hydrogen) atoms. The van der Waals surface area contributed by atoms with E-state index in [4.69, 9.17) is 16.3 Å². The van der Waals surface area contributed by atoms with Gasteiger partial charge in [-0.2, -0.15) is 0 Å². The summed E-state index contributed by atoms with van der Waals surface area (Å²) >= 11 is 5.71. The van der Waals surface area contributed by atoms with Crippen molar-refractivity contribution >= 4 is 23.1 Å². The average molecular weight is 258 g/mol. The number of nitrogens with zero attached hydrogens (tertiary/aromatic N) is 1. The lowest BCUT2D eigenvalue weighted by Gasteiger charge is -2.05. The Kier molecular flexibility index (Phi) is 4.90. The van der Waals surface area contributed by atoms with Gasteiger partial charge in [0.1, 0.15) is 6.61 Å². The highest BCUT2D eigenvalue weighted by atomic mass is 35.5. The highest BCUT2D eigenvalue weighted by Crippen LogP contribution is 2.29. The number of carbonyl (C=O) groups excluding carboxylic acids is 1. The molecule has 0 aromatic heterocycles. The van der Waals surface area contributed by atoms with Crippen LogP contribution in [0.3, 0.4) is 0 Å². The Morgan fingerprint density at radius 2 is 2.24 bits per heavy atom. The summed E-state index contributed by atoms with van der Waals surface area (Å²) in [7, 11) is 0. The molecular formula is C11H12ClNO4. The molecule has 0 N–H and O–H groups in total. The van der Waals surface area contributed by atoms with Crippen molar-refractivity contribution in [2.24, 2.45) is 0 Å². The number of nitro groups is 1. The van der Waals surface area contributed by atoms with Crippen molar-refractivity contribution in [3.05, 3.63) is 33.3 Å². The second-order valence-electron chi connectivity index (χ2n) is 3.45. The number of rotatable bonds is 6. The summed E-state index contributed by atoms with van der Waals surface area (Å²) < 4.78 is 5.12. The minimum atomic E-state index is -0.573. The largest absolute Gasteiger partial charge is 0.479 e. The van der Waals surface area contributed by atoms with Crippen LogP contribution in [0.5, 0.6) is 5.75 Å². The number of nitro benzene ring substituents is 1. The maximum Gasteiger partial charge on any atom is 0.311 e. The van der Waals surface area contributed by atoms with Crippen LogP contribution in [-0.4, -0.2) is 17.3 Å². The predicted octanol–water partition coefficient (Wildman–Crippen LogP) is 3.00. The maximum atomic E-state index is 11.3. The van der Waals surface area contributed by atoms with Crippen LogP contribution in [0.15, 0.2) is 18.2 Å². The first-order valence-corrected chi connectivity index (χ1v) is 5.50. The first kappa shape index (κ1) is 13.4. The number of hydrogen-bond acceptors (Lipinski definition) is 4. The number of hydrogen-bond donors (Lipinski definition) is 0. The molecule has 0 radical (unpaired) electrons. The Balaban J connectivity index is 2.78. The standard InChI is InChI=1S/C11H12ClNO4/c1-2-3-9(14)7-17-11-6-8(12)4-5-10(11)13(15)16/h4-6H,2-3,7H2,1H3. The Morgan fingerprint density at radius 1 is 1.53 bits per heavy atom. The van der Waals surface area contributed by atoms with Gasteiger partial charge in [0, 0.05) is 23.6 Å². The van der Waals surface area contributed by atoms with Crippen LogP contribution in [-0.2, 0) is 4.79 Å². The Hall–Kier alpha value is -1.62. The van der Waals surface area contributed by atoms with E-state index in [1.165, 1.54) is 18.2 Å². The number of Topliss-reactive ketones (excluding diaryl/α,β-unsaturated/α-hetero) is 1. The zero-order chi connectivity index (χ0) is 12.8. The first-order valence-electron chi connectivity index (χ1n) is 5.13. The molecule has 0 fully saturated rings. The average Bonchev–Trinajstić information content (AvgIpc) is 2.26. The molecule has 0 spiro atoms. The number of ether oxygens (including phenoxy) is 1. The molecular weight excluding hydrogens is 246 g/mol. The fourth-order valence-electron chi connectivity index (χ4n) is 1.26. The van der Waals surface area contributed by atoms with Crippen molar-refractivity contribution in [1.82, 2.24) is 0 Å². The third kappa shape index (κ3) is 4.03. The van der Waals surface area contributed by atoms with E-state index < -0.39 is 4.92 Å². The van der Waals surface area contributed by atoms with E-state index in [0.29, 0.717) is 11.4 Å². The molecule has 0 unspecified atom stereocenters. The first-order chi connectivity index (χ1) is 8.04. The minimum Gasteiger partial charge on any atom is -0.479 e. The van der Waals surface area contributed by atoms with Gasteiger partial charge in [0.2, 0.25) is 0 Å². The SMILES string of the molecule is CCCC(=O)COc1cc(Cl)ccc1[N+](=O)[O-]. The van der Waals surface area contributed by atoms with Crippen LogP contribution in [0.4, 0.5) is 5.69 Å². The molecule has 0 amide bonds. The molecule has 0 aliphatic rings. The van der Waals surface area contributed by atoms with Crippen LogP contribution in [0.2, 0.25) is 5.02 Å². The number of ketones is 1. The summed E-state index contributed by atoms with van der Waals surface area (Å²) in [5, 5.41) is 11.0. The van der Waals surface area contributed by atoms with Crippen molar-refractivity contribution < 1.29 is 14.5 Å². The van der Waals surface area contributed by atoms with Gasteiger partial charge in [-0.05, 0) is 12.5 Å². The summed E-state index contributed by atoms with van der Waals surface area (Å²) in [6.07, 6.45) is 1.12. The Bertz CT molecular complexity index is 433. The molecule has 0 saturated heterocycles. The molecule has 1 rings (SSSR count). The van der Waals surface area contributed by atoms with Gasteiger partial charge in [-0.1, -0.05) is 18.5 Å². The number of carbonyl (C=O) groups is 1. The lowest BCUT2D eigenvalue weighted by Crippen LogP contribution is -2.11. The summed E-state index contributed by atoms with van der Waals surface area (Å²) in [5.41, 5.74) is -0.196. The van der Waals surface area contributed by atoms with E-state index >= 15 is 0 Å². The molecule has 0 aliphatic carbocycles. The van der Waals surface area contributed by atoms with Gasteiger partial charge >= 0.3 is 5.69 Å². The van der Waals surface area contributed by atoms with Gasteiger partial charge < -0.3 is 4.74 Å². The monoisotopic (exact) mass is 257 g/mol. The molecule has 0 bridgehead atoms. The van der Waals surface area contributed by atoms with Gasteiger partial charge in [0.15, 0.2) is 11.5 Å². The van der Waals surface area contributed by atoms with E-state index in [-0.39, 0.29) is 23.8 Å². The molecule has 1 aromatic carbocycles. The van der Waals surface area contributed by atoms with E-state index in [2.05, 4.69) is 0 Å². The van der Waals surface area contributed by atoms with E-state index in [1.807, 2.05) is 6.92 Å². The minimum absolute atomic E-state index is 0.0203. The van der Waals surface area contributed by atoms with Crippen LogP contribution in [0, 0.1) is 10.1 Å². The normalized spacial score (nSPS) is 10.0. The van der Waals surface area contributed by atoms with Crippen LogP contribution in [0.1, 0.15) is 19.8 Å². The smallest absolute Gasteiger partial charge is 0.311 e. The fraction of sp³-hybridized carbons (Fsp3) is 0.364. The molecule has 5 nitrogen and oxygen atoms in total. The Morgan fingerprint density at radius 3 is 2.82 bits per heavy atom. The zero-order valence-electron chi connectivity index (χ0n) is 9.31.